The van der Waals surface area contributed by atoms with E-state index in [1.807, 2.05) is 13.0 Å². The lowest BCUT2D eigenvalue weighted by molar-refractivity contribution is -0.137. The van der Waals surface area contributed by atoms with Crippen molar-refractivity contribution < 1.29 is 22.7 Å². The molecule has 2 aromatic carbocycles. The Hall–Kier alpha value is -2.76. The molecule has 1 unspecified atom stereocenters. The van der Waals surface area contributed by atoms with E-state index in [0.717, 1.165) is 12.1 Å². The van der Waals surface area contributed by atoms with Crippen LogP contribution < -0.4 is 5.32 Å². The number of nitrogens with one attached hydrogen (secondary N) is 1. The molecule has 0 bridgehead atoms. The van der Waals surface area contributed by atoms with Gasteiger partial charge < -0.3 is 10.1 Å². The third-order valence-electron chi connectivity index (χ3n) is 3.87. The topological polar surface area (TPSA) is 38.3 Å². The Morgan fingerprint density at radius 1 is 1.08 bits per heavy atom. The van der Waals surface area contributed by atoms with Gasteiger partial charge >= 0.3 is 6.18 Å². The van der Waals surface area contributed by atoms with Gasteiger partial charge in [0, 0.05) is 12.1 Å². The summed E-state index contributed by atoms with van der Waals surface area (Å²) in [6.45, 7) is 2.30. The van der Waals surface area contributed by atoms with Gasteiger partial charge in [0.1, 0.15) is 0 Å². The van der Waals surface area contributed by atoms with Crippen LogP contribution >= 0.6 is 0 Å². The Morgan fingerprint density at radius 2 is 1.80 bits per heavy atom. The fourth-order valence-corrected chi connectivity index (χ4v) is 2.74. The Balaban J connectivity index is 2.03. The zero-order chi connectivity index (χ0) is 18.0. The van der Waals surface area contributed by atoms with Crippen LogP contribution in [0, 0.1) is 0 Å². The minimum Gasteiger partial charge on any atom is -0.462 e. The van der Waals surface area contributed by atoms with Crippen molar-refractivity contribution in [2.24, 2.45) is 0 Å². The van der Waals surface area contributed by atoms with E-state index < -0.39 is 17.8 Å². The second-order valence-corrected chi connectivity index (χ2v) is 5.59. The van der Waals surface area contributed by atoms with Gasteiger partial charge in [0.05, 0.1) is 11.1 Å². The van der Waals surface area contributed by atoms with Crippen molar-refractivity contribution in [2.45, 2.75) is 19.2 Å². The van der Waals surface area contributed by atoms with Crippen LogP contribution in [-0.4, -0.2) is 12.3 Å². The lowest BCUT2D eigenvalue weighted by Crippen LogP contribution is -2.14. The number of carbonyl (C=O) groups is 1. The van der Waals surface area contributed by atoms with Gasteiger partial charge in [-0.05, 0) is 24.6 Å². The van der Waals surface area contributed by atoms with Gasteiger partial charge in [-0.2, -0.15) is 13.2 Å². The SMILES string of the molecule is CCNC1=C(c2cccc(C(F)(F)F)c2)C(=O)C(c2ccccc2)O1. The molecule has 6 heteroatoms. The van der Waals surface area contributed by atoms with Crippen LogP contribution in [0.1, 0.15) is 29.7 Å². The number of hydrogen-bond acceptors (Lipinski definition) is 3. The lowest BCUT2D eigenvalue weighted by Gasteiger charge is -2.12. The maximum atomic E-state index is 13.0. The van der Waals surface area contributed by atoms with Crippen LogP contribution in [0.3, 0.4) is 0 Å². The molecule has 1 heterocycles. The summed E-state index contributed by atoms with van der Waals surface area (Å²) in [6.07, 6.45) is -5.34. The molecule has 0 aromatic heterocycles. The Morgan fingerprint density at radius 3 is 2.44 bits per heavy atom. The van der Waals surface area contributed by atoms with Crippen molar-refractivity contribution in [2.75, 3.05) is 6.54 Å². The van der Waals surface area contributed by atoms with Crippen molar-refractivity contribution in [1.29, 1.82) is 0 Å². The largest absolute Gasteiger partial charge is 0.462 e. The molecule has 25 heavy (non-hydrogen) atoms. The highest BCUT2D eigenvalue weighted by molar-refractivity contribution is 6.25. The van der Waals surface area contributed by atoms with Crippen molar-refractivity contribution in [3.8, 4) is 0 Å². The third kappa shape index (κ3) is 3.38. The molecule has 3 nitrogen and oxygen atoms in total. The summed E-state index contributed by atoms with van der Waals surface area (Å²) in [5, 5.41) is 2.94. The highest BCUT2D eigenvalue weighted by Gasteiger charge is 2.38. The number of halogens is 3. The monoisotopic (exact) mass is 347 g/mol. The molecule has 0 amide bonds. The minimum absolute atomic E-state index is 0.141. The first-order chi connectivity index (χ1) is 11.9. The maximum absolute atomic E-state index is 13.0. The molecule has 0 saturated heterocycles. The Labute approximate surface area is 143 Å². The number of benzene rings is 2. The van der Waals surface area contributed by atoms with Crippen molar-refractivity contribution in [1.82, 2.24) is 5.32 Å². The van der Waals surface area contributed by atoms with Crippen LogP contribution in [0.5, 0.6) is 0 Å². The third-order valence-corrected chi connectivity index (χ3v) is 3.87. The molecule has 1 aliphatic rings. The molecule has 3 rings (SSSR count). The van der Waals surface area contributed by atoms with Crippen LogP contribution in [0.2, 0.25) is 0 Å². The van der Waals surface area contributed by atoms with Crippen LogP contribution in [0.15, 0.2) is 60.5 Å². The molecule has 1 aliphatic heterocycles. The van der Waals surface area contributed by atoms with E-state index in [1.165, 1.54) is 12.1 Å². The van der Waals surface area contributed by atoms with E-state index in [-0.39, 0.29) is 22.8 Å². The molecule has 0 spiro atoms. The summed E-state index contributed by atoms with van der Waals surface area (Å²) in [5.41, 5.74) is 0.185. The van der Waals surface area contributed by atoms with Gasteiger partial charge in [0.25, 0.3) is 0 Å². The highest BCUT2D eigenvalue weighted by atomic mass is 19.4. The first-order valence-electron chi connectivity index (χ1n) is 7.83. The number of carbonyl (C=O) groups excluding carboxylic acids is 1. The molecule has 1 atom stereocenters. The average molecular weight is 347 g/mol. The summed E-state index contributed by atoms with van der Waals surface area (Å²) >= 11 is 0. The molecule has 1 N–H and O–H groups in total. The Bertz CT molecular complexity index is 813. The molecular formula is C19H16F3NO2. The zero-order valence-electron chi connectivity index (χ0n) is 13.4. The molecule has 0 saturated carbocycles. The van der Waals surface area contributed by atoms with E-state index in [1.54, 1.807) is 24.3 Å². The van der Waals surface area contributed by atoms with Crippen LogP contribution in [0.4, 0.5) is 13.2 Å². The fraction of sp³-hybridized carbons (Fsp3) is 0.211. The first kappa shape index (κ1) is 17.1. The van der Waals surface area contributed by atoms with Crippen molar-refractivity contribution in [3.05, 3.63) is 77.2 Å². The molecule has 130 valence electrons. The second kappa shape index (κ2) is 6.63. The molecule has 2 aromatic rings. The van der Waals surface area contributed by atoms with Gasteiger partial charge in [-0.15, -0.1) is 0 Å². The second-order valence-electron chi connectivity index (χ2n) is 5.59. The number of ketones is 1. The quantitative estimate of drug-likeness (QED) is 0.895. The van der Waals surface area contributed by atoms with Gasteiger partial charge in [0.15, 0.2) is 12.0 Å². The number of rotatable bonds is 4. The summed E-state index contributed by atoms with van der Waals surface area (Å²) in [5.74, 6) is -0.151. The van der Waals surface area contributed by atoms with E-state index in [0.29, 0.717) is 12.1 Å². The number of alkyl halides is 3. The average Bonchev–Trinajstić information content (AvgIpc) is 2.92. The highest BCUT2D eigenvalue weighted by Crippen LogP contribution is 2.38. The summed E-state index contributed by atoms with van der Waals surface area (Å²) in [4.78, 5) is 12.8. The van der Waals surface area contributed by atoms with Crippen LogP contribution in [-0.2, 0) is 15.7 Å². The van der Waals surface area contributed by atoms with E-state index in [4.69, 9.17) is 4.74 Å². The first-order valence-corrected chi connectivity index (χ1v) is 7.83. The maximum Gasteiger partial charge on any atom is 0.416 e. The summed E-state index contributed by atoms with van der Waals surface area (Å²) < 4.78 is 44.7. The molecule has 0 aliphatic carbocycles. The standard InChI is InChI=1S/C19H16F3NO2/c1-2-23-18-15(13-9-6-10-14(11-13)19(20,21)22)16(24)17(25-18)12-7-4-3-5-8-12/h3-11,17,23H,2H2,1H3. The molecule has 0 radical (unpaired) electrons. The fourth-order valence-electron chi connectivity index (χ4n) is 2.74. The molecular weight excluding hydrogens is 331 g/mol. The van der Waals surface area contributed by atoms with Gasteiger partial charge in [-0.25, -0.2) is 0 Å². The lowest BCUT2D eigenvalue weighted by atomic mass is 9.96. The normalized spacial score (nSPS) is 17.6. The predicted octanol–water partition coefficient (Wildman–Crippen LogP) is 4.32. The van der Waals surface area contributed by atoms with E-state index in [9.17, 15) is 18.0 Å². The van der Waals surface area contributed by atoms with E-state index >= 15 is 0 Å². The number of hydrogen-bond donors (Lipinski definition) is 1. The zero-order valence-corrected chi connectivity index (χ0v) is 13.4. The predicted molar refractivity (Wildman–Crippen MR) is 87.3 cm³/mol. The smallest absolute Gasteiger partial charge is 0.416 e. The Kier molecular flexibility index (Phi) is 4.53. The number of ether oxygens (including phenoxy) is 1. The number of Topliss-reactive ketones (excluding diaryl/α,β-unsaturated/α-hetero) is 1. The van der Waals surface area contributed by atoms with Crippen molar-refractivity contribution >= 4 is 11.4 Å². The van der Waals surface area contributed by atoms with Crippen molar-refractivity contribution in [3.63, 3.8) is 0 Å². The van der Waals surface area contributed by atoms with Gasteiger partial charge in [0.2, 0.25) is 5.78 Å². The summed E-state index contributed by atoms with van der Waals surface area (Å²) in [6, 6.07) is 13.6. The minimum atomic E-state index is -4.48. The van der Waals surface area contributed by atoms with Gasteiger partial charge in [-0.3, -0.25) is 4.79 Å². The van der Waals surface area contributed by atoms with E-state index in [2.05, 4.69) is 5.32 Å². The summed E-state index contributed by atoms with van der Waals surface area (Å²) in [7, 11) is 0. The van der Waals surface area contributed by atoms with Gasteiger partial charge in [-0.1, -0.05) is 42.5 Å². The molecule has 0 fully saturated rings. The van der Waals surface area contributed by atoms with Crippen LogP contribution in [0.25, 0.3) is 5.57 Å².